The van der Waals surface area contributed by atoms with Crippen LogP contribution in [0.4, 0.5) is 0 Å². The number of benzene rings is 1. The first-order valence-corrected chi connectivity index (χ1v) is 6.69. The van der Waals surface area contributed by atoms with E-state index in [1.807, 2.05) is 41.8 Å². The zero-order valence-electron chi connectivity index (χ0n) is 10.3. The average Bonchev–Trinajstić information content (AvgIpc) is 2.94. The van der Waals surface area contributed by atoms with Crippen LogP contribution in [0.25, 0.3) is 21.3 Å². The molecule has 3 nitrogen and oxygen atoms in total. The second-order valence-electron chi connectivity index (χ2n) is 4.05. The van der Waals surface area contributed by atoms with Crippen molar-refractivity contribution in [2.75, 3.05) is 7.11 Å². The molecule has 94 valence electrons. The molecule has 0 amide bonds. The number of carbonyl (C=O) groups is 1. The van der Waals surface area contributed by atoms with Crippen LogP contribution in [0.2, 0.25) is 0 Å². The average molecular weight is 269 g/mol. The molecule has 0 bridgehead atoms. The zero-order chi connectivity index (χ0) is 13.2. The van der Waals surface area contributed by atoms with Gasteiger partial charge < -0.3 is 4.74 Å². The van der Waals surface area contributed by atoms with Gasteiger partial charge in [0.1, 0.15) is 0 Å². The van der Waals surface area contributed by atoms with Gasteiger partial charge in [0, 0.05) is 15.6 Å². The molecule has 0 saturated carbocycles. The topological polar surface area (TPSA) is 39.2 Å². The molecule has 3 aromatic rings. The molecule has 0 unspecified atom stereocenters. The first-order chi connectivity index (χ1) is 9.29. The zero-order valence-corrected chi connectivity index (χ0v) is 11.1. The van der Waals surface area contributed by atoms with Gasteiger partial charge in [-0.05, 0) is 17.5 Å². The van der Waals surface area contributed by atoms with Crippen molar-refractivity contribution in [1.29, 1.82) is 0 Å². The van der Waals surface area contributed by atoms with E-state index in [1.165, 1.54) is 7.11 Å². The normalized spacial score (nSPS) is 10.6. The van der Waals surface area contributed by atoms with E-state index in [2.05, 4.69) is 4.98 Å². The van der Waals surface area contributed by atoms with Gasteiger partial charge in [-0.15, -0.1) is 11.3 Å². The number of methoxy groups -OCH3 is 1. The highest BCUT2D eigenvalue weighted by atomic mass is 32.1. The Morgan fingerprint density at radius 1 is 1.21 bits per heavy atom. The maximum Gasteiger partial charge on any atom is 0.356 e. The third kappa shape index (κ3) is 2.11. The van der Waals surface area contributed by atoms with Crippen molar-refractivity contribution in [1.82, 2.24) is 4.98 Å². The van der Waals surface area contributed by atoms with Crippen LogP contribution in [0.1, 0.15) is 10.5 Å². The molecule has 3 rings (SSSR count). The molecule has 0 aliphatic carbocycles. The van der Waals surface area contributed by atoms with Gasteiger partial charge in [-0.2, -0.15) is 0 Å². The number of rotatable bonds is 2. The van der Waals surface area contributed by atoms with Crippen LogP contribution in [-0.4, -0.2) is 18.1 Å². The Morgan fingerprint density at radius 2 is 2.00 bits per heavy atom. The molecule has 0 radical (unpaired) electrons. The van der Waals surface area contributed by atoms with Crippen molar-refractivity contribution >= 4 is 27.4 Å². The van der Waals surface area contributed by atoms with Crippen LogP contribution in [0.5, 0.6) is 0 Å². The van der Waals surface area contributed by atoms with Crippen molar-refractivity contribution in [3.63, 3.8) is 0 Å². The molecule has 4 heteroatoms. The van der Waals surface area contributed by atoms with E-state index in [0.29, 0.717) is 5.69 Å². The number of hydrogen-bond donors (Lipinski definition) is 0. The number of ether oxygens (including phenoxy) is 1. The first-order valence-electron chi connectivity index (χ1n) is 5.81. The Hall–Kier alpha value is -2.20. The highest BCUT2D eigenvalue weighted by Gasteiger charge is 2.14. The Balaban J connectivity index is 2.27. The van der Waals surface area contributed by atoms with Gasteiger partial charge in [-0.25, -0.2) is 9.78 Å². The van der Waals surface area contributed by atoms with Crippen molar-refractivity contribution in [3.8, 4) is 11.3 Å². The van der Waals surface area contributed by atoms with Crippen LogP contribution < -0.4 is 0 Å². The molecule has 0 saturated heterocycles. The number of thiophene rings is 1. The van der Waals surface area contributed by atoms with Crippen LogP contribution in [0.3, 0.4) is 0 Å². The minimum atomic E-state index is -0.410. The fourth-order valence-corrected chi connectivity index (χ4v) is 2.81. The fourth-order valence-electron chi connectivity index (χ4n) is 1.99. The summed E-state index contributed by atoms with van der Waals surface area (Å²) in [6, 6.07) is 13.6. The second-order valence-corrected chi connectivity index (χ2v) is 4.99. The standard InChI is InChI=1S/C15H11NO2S/c1-18-15(17)12-9-13-11(7-8-19-13)14(16-12)10-5-3-2-4-6-10/h2-9H,1H3. The van der Waals surface area contributed by atoms with Gasteiger partial charge in [0.05, 0.1) is 12.8 Å². The maximum atomic E-state index is 11.7. The number of hydrogen-bond acceptors (Lipinski definition) is 4. The van der Waals surface area contributed by atoms with Crippen molar-refractivity contribution in [2.24, 2.45) is 0 Å². The molecule has 0 fully saturated rings. The number of nitrogens with zero attached hydrogens (tertiary/aromatic N) is 1. The summed E-state index contributed by atoms with van der Waals surface area (Å²) in [5, 5.41) is 3.06. The van der Waals surface area contributed by atoms with Gasteiger partial charge in [-0.3, -0.25) is 0 Å². The van der Waals surface area contributed by atoms with Gasteiger partial charge in [-0.1, -0.05) is 30.3 Å². The molecule has 0 atom stereocenters. The first kappa shape index (κ1) is 11.9. The van der Waals surface area contributed by atoms with Gasteiger partial charge in [0.15, 0.2) is 5.69 Å². The quantitative estimate of drug-likeness (QED) is 0.665. The van der Waals surface area contributed by atoms with Crippen LogP contribution in [0.15, 0.2) is 47.8 Å². The minimum absolute atomic E-state index is 0.344. The predicted molar refractivity (Wildman–Crippen MR) is 76.4 cm³/mol. The molecule has 1 aromatic carbocycles. The molecule has 0 aliphatic rings. The summed E-state index contributed by atoms with van der Waals surface area (Å²) in [6.07, 6.45) is 0. The fraction of sp³-hybridized carbons (Fsp3) is 0.0667. The predicted octanol–water partition coefficient (Wildman–Crippen LogP) is 3.75. The summed E-state index contributed by atoms with van der Waals surface area (Å²) in [5.74, 6) is -0.410. The largest absolute Gasteiger partial charge is 0.464 e. The van der Waals surface area contributed by atoms with E-state index in [1.54, 1.807) is 17.4 Å². The number of esters is 1. The summed E-state index contributed by atoms with van der Waals surface area (Å²) in [7, 11) is 1.37. The lowest BCUT2D eigenvalue weighted by Gasteiger charge is -2.05. The van der Waals surface area contributed by atoms with Gasteiger partial charge >= 0.3 is 5.97 Å². The smallest absolute Gasteiger partial charge is 0.356 e. The SMILES string of the molecule is COC(=O)c1cc2sccc2c(-c2ccccc2)n1. The second kappa shape index (κ2) is 4.82. The van der Waals surface area contributed by atoms with E-state index >= 15 is 0 Å². The molecular formula is C15H11NO2S. The number of aromatic nitrogens is 1. The Labute approximate surface area is 114 Å². The van der Waals surface area contributed by atoms with Crippen molar-refractivity contribution in [2.45, 2.75) is 0 Å². The number of pyridine rings is 1. The summed E-state index contributed by atoms with van der Waals surface area (Å²) in [5.41, 5.74) is 2.16. The molecule has 19 heavy (non-hydrogen) atoms. The third-order valence-electron chi connectivity index (χ3n) is 2.89. The van der Waals surface area contributed by atoms with Gasteiger partial charge in [0.25, 0.3) is 0 Å². The Kier molecular flexibility index (Phi) is 3.01. The van der Waals surface area contributed by atoms with Crippen LogP contribution in [0, 0.1) is 0 Å². The summed E-state index contributed by atoms with van der Waals surface area (Å²) in [4.78, 5) is 16.1. The number of fused-ring (bicyclic) bond motifs is 1. The van der Waals surface area contributed by atoms with E-state index in [4.69, 9.17) is 4.74 Å². The highest BCUT2D eigenvalue weighted by molar-refractivity contribution is 7.17. The van der Waals surface area contributed by atoms with Crippen LogP contribution >= 0.6 is 11.3 Å². The Morgan fingerprint density at radius 3 is 2.74 bits per heavy atom. The minimum Gasteiger partial charge on any atom is -0.464 e. The molecule has 2 heterocycles. The van der Waals surface area contributed by atoms with E-state index < -0.39 is 5.97 Å². The lowest BCUT2D eigenvalue weighted by molar-refractivity contribution is 0.0594. The molecule has 0 spiro atoms. The molecule has 0 aliphatic heterocycles. The monoisotopic (exact) mass is 269 g/mol. The third-order valence-corrected chi connectivity index (χ3v) is 3.76. The van der Waals surface area contributed by atoms with Crippen LogP contribution in [-0.2, 0) is 4.74 Å². The molecule has 0 N–H and O–H groups in total. The van der Waals surface area contributed by atoms with Crippen molar-refractivity contribution < 1.29 is 9.53 Å². The van der Waals surface area contributed by atoms with E-state index in [9.17, 15) is 4.79 Å². The maximum absolute atomic E-state index is 11.7. The summed E-state index contributed by atoms with van der Waals surface area (Å²) < 4.78 is 5.79. The lowest BCUT2D eigenvalue weighted by Crippen LogP contribution is -2.04. The Bertz CT molecular complexity index is 734. The summed E-state index contributed by atoms with van der Waals surface area (Å²) in [6.45, 7) is 0. The van der Waals surface area contributed by atoms with Gasteiger partial charge in [0.2, 0.25) is 0 Å². The molecular weight excluding hydrogens is 258 g/mol. The highest BCUT2D eigenvalue weighted by Crippen LogP contribution is 2.31. The lowest BCUT2D eigenvalue weighted by atomic mass is 10.1. The summed E-state index contributed by atoms with van der Waals surface area (Å²) >= 11 is 1.59. The number of carbonyl (C=O) groups excluding carboxylic acids is 1. The van der Waals surface area contributed by atoms with E-state index in [-0.39, 0.29) is 0 Å². The molecule has 2 aromatic heterocycles. The van der Waals surface area contributed by atoms with E-state index in [0.717, 1.165) is 21.3 Å². The van der Waals surface area contributed by atoms with Crippen molar-refractivity contribution in [3.05, 3.63) is 53.5 Å².